The first-order valence-corrected chi connectivity index (χ1v) is 9.72. The highest BCUT2D eigenvalue weighted by Crippen LogP contribution is 2.26. The van der Waals surface area contributed by atoms with Crippen molar-refractivity contribution >= 4 is 10.0 Å². The van der Waals surface area contributed by atoms with E-state index < -0.39 is 21.7 Å². The largest absolute Gasteiger partial charge is 0.339 e. The van der Waals surface area contributed by atoms with Crippen molar-refractivity contribution in [1.82, 2.24) is 13.9 Å². The molecular formula is C17H21F2N3O2S. The average molecular weight is 369 g/mol. The number of piperidine rings is 1. The number of halogens is 2. The molecule has 0 saturated carbocycles. The maximum atomic E-state index is 13.3. The van der Waals surface area contributed by atoms with Crippen molar-refractivity contribution in [3.05, 3.63) is 47.9 Å². The lowest BCUT2D eigenvalue weighted by Crippen LogP contribution is -2.40. The molecule has 0 radical (unpaired) electrons. The minimum absolute atomic E-state index is 0.0660. The van der Waals surface area contributed by atoms with Crippen molar-refractivity contribution in [1.29, 1.82) is 0 Å². The van der Waals surface area contributed by atoms with Gasteiger partial charge in [0.05, 0.1) is 6.33 Å². The molecule has 0 spiro atoms. The highest BCUT2D eigenvalue weighted by molar-refractivity contribution is 7.89. The minimum atomic E-state index is -3.58. The summed E-state index contributed by atoms with van der Waals surface area (Å²) in [6.07, 6.45) is 6.02. The van der Waals surface area contributed by atoms with Crippen LogP contribution in [0.1, 0.15) is 24.8 Å². The number of rotatable bonds is 5. The van der Waals surface area contributed by atoms with Gasteiger partial charge in [0.25, 0.3) is 10.0 Å². The Labute approximate surface area is 146 Å². The summed E-state index contributed by atoms with van der Waals surface area (Å²) in [5, 5.41) is 0.0660. The SMILES string of the molecule is Cn1cnc(S(=O)(=O)N2CCC[C@H](CCc3ccc(F)c(F)c3)C2)c1. The fourth-order valence-corrected chi connectivity index (χ4v) is 4.72. The second-order valence-corrected chi connectivity index (χ2v) is 8.42. The van der Waals surface area contributed by atoms with Crippen LogP contribution in [0.2, 0.25) is 0 Å². The molecule has 1 fully saturated rings. The average Bonchev–Trinajstić information content (AvgIpc) is 3.03. The normalized spacial score (nSPS) is 19.2. The fraction of sp³-hybridized carbons (Fsp3) is 0.471. The van der Waals surface area contributed by atoms with Crippen LogP contribution >= 0.6 is 0 Å². The number of sulfonamides is 1. The lowest BCUT2D eigenvalue weighted by atomic mass is 9.93. The first-order chi connectivity index (χ1) is 11.9. The summed E-state index contributed by atoms with van der Waals surface area (Å²) in [6, 6.07) is 3.91. The second-order valence-electron chi connectivity index (χ2n) is 6.54. The molecule has 1 aliphatic heterocycles. The lowest BCUT2D eigenvalue weighted by molar-refractivity contribution is 0.255. The zero-order valence-electron chi connectivity index (χ0n) is 14.0. The molecule has 1 aliphatic rings. The highest BCUT2D eigenvalue weighted by atomic mass is 32.2. The maximum Gasteiger partial charge on any atom is 0.262 e. The number of hydrogen-bond donors (Lipinski definition) is 0. The molecule has 0 unspecified atom stereocenters. The molecule has 8 heteroatoms. The highest BCUT2D eigenvalue weighted by Gasteiger charge is 2.31. The van der Waals surface area contributed by atoms with Crippen LogP contribution in [0.3, 0.4) is 0 Å². The molecule has 25 heavy (non-hydrogen) atoms. The van der Waals surface area contributed by atoms with Gasteiger partial charge in [0.1, 0.15) is 0 Å². The third-order valence-corrected chi connectivity index (χ3v) is 6.34. The van der Waals surface area contributed by atoms with E-state index in [-0.39, 0.29) is 10.9 Å². The number of benzene rings is 1. The first kappa shape index (κ1) is 18.0. The van der Waals surface area contributed by atoms with Crippen LogP contribution in [0.15, 0.2) is 35.7 Å². The Morgan fingerprint density at radius 1 is 1.28 bits per heavy atom. The quantitative estimate of drug-likeness (QED) is 0.814. The number of nitrogens with zero attached hydrogens (tertiary/aromatic N) is 3. The van der Waals surface area contributed by atoms with Crippen LogP contribution in [-0.2, 0) is 23.5 Å². The zero-order chi connectivity index (χ0) is 18.0. The van der Waals surface area contributed by atoms with Gasteiger partial charge in [-0.15, -0.1) is 0 Å². The number of aromatic nitrogens is 2. The smallest absolute Gasteiger partial charge is 0.262 e. The van der Waals surface area contributed by atoms with Crippen molar-refractivity contribution < 1.29 is 17.2 Å². The van der Waals surface area contributed by atoms with Crippen LogP contribution in [-0.4, -0.2) is 35.4 Å². The molecule has 2 heterocycles. The second kappa shape index (κ2) is 7.21. The Hall–Kier alpha value is -1.80. The fourth-order valence-electron chi connectivity index (χ4n) is 3.20. The molecule has 3 rings (SSSR count). The van der Waals surface area contributed by atoms with E-state index in [0.717, 1.165) is 30.9 Å². The molecule has 2 aromatic rings. The summed E-state index contributed by atoms with van der Waals surface area (Å²) < 4.78 is 54.7. The lowest BCUT2D eigenvalue weighted by Gasteiger charge is -2.31. The van der Waals surface area contributed by atoms with Gasteiger partial charge in [-0.1, -0.05) is 6.07 Å². The van der Waals surface area contributed by atoms with Crippen molar-refractivity contribution in [3.8, 4) is 0 Å². The number of imidazole rings is 1. The van der Waals surface area contributed by atoms with E-state index in [1.807, 2.05) is 0 Å². The van der Waals surface area contributed by atoms with E-state index in [1.54, 1.807) is 17.7 Å². The van der Waals surface area contributed by atoms with E-state index in [2.05, 4.69) is 4.98 Å². The summed E-state index contributed by atoms with van der Waals surface area (Å²) in [4.78, 5) is 3.96. The van der Waals surface area contributed by atoms with Gasteiger partial charge in [0.15, 0.2) is 16.7 Å². The van der Waals surface area contributed by atoms with Gasteiger partial charge < -0.3 is 4.57 Å². The topological polar surface area (TPSA) is 55.2 Å². The van der Waals surface area contributed by atoms with E-state index in [9.17, 15) is 17.2 Å². The third-order valence-electron chi connectivity index (χ3n) is 4.59. The Morgan fingerprint density at radius 2 is 2.08 bits per heavy atom. The minimum Gasteiger partial charge on any atom is -0.339 e. The van der Waals surface area contributed by atoms with Crippen LogP contribution in [0.4, 0.5) is 8.78 Å². The number of hydrogen-bond acceptors (Lipinski definition) is 3. The predicted molar refractivity (Wildman–Crippen MR) is 89.4 cm³/mol. The maximum absolute atomic E-state index is 13.3. The molecule has 0 bridgehead atoms. The van der Waals surface area contributed by atoms with E-state index >= 15 is 0 Å². The van der Waals surface area contributed by atoms with Gasteiger partial charge in [-0.2, -0.15) is 4.31 Å². The molecule has 1 saturated heterocycles. The van der Waals surface area contributed by atoms with Gasteiger partial charge in [-0.3, -0.25) is 0 Å². The monoisotopic (exact) mass is 369 g/mol. The standard InChI is InChI=1S/C17H21F2N3O2S/c1-21-11-17(20-12-21)25(23,24)22-8-2-3-14(10-22)5-4-13-6-7-15(18)16(19)9-13/h6-7,9,11-12,14H,2-5,8,10H2,1H3/t14-/m1/s1. The van der Waals surface area contributed by atoms with Gasteiger partial charge in [-0.25, -0.2) is 22.2 Å². The molecule has 1 atom stereocenters. The van der Waals surface area contributed by atoms with Gasteiger partial charge in [0, 0.05) is 26.3 Å². The zero-order valence-corrected chi connectivity index (χ0v) is 14.8. The molecule has 1 aromatic carbocycles. The van der Waals surface area contributed by atoms with E-state index in [4.69, 9.17) is 0 Å². The summed E-state index contributed by atoms with van der Waals surface area (Å²) in [6.45, 7) is 0.920. The Morgan fingerprint density at radius 3 is 2.76 bits per heavy atom. The Balaban J connectivity index is 1.64. The van der Waals surface area contributed by atoms with Gasteiger partial charge in [-0.05, 0) is 49.3 Å². The molecule has 5 nitrogen and oxygen atoms in total. The van der Waals surface area contributed by atoms with Crippen LogP contribution in [0, 0.1) is 17.6 Å². The summed E-state index contributed by atoms with van der Waals surface area (Å²) in [5.74, 6) is -1.50. The molecule has 136 valence electrons. The Kier molecular flexibility index (Phi) is 5.19. The summed E-state index contributed by atoms with van der Waals surface area (Å²) in [5.41, 5.74) is 0.726. The van der Waals surface area contributed by atoms with E-state index in [0.29, 0.717) is 19.5 Å². The van der Waals surface area contributed by atoms with Crippen LogP contribution in [0.25, 0.3) is 0 Å². The number of aryl methyl sites for hydroxylation is 2. The van der Waals surface area contributed by atoms with Crippen molar-refractivity contribution in [2.45, 2.75) is 30.7 Å². The van der Waals surface area contributed by atoms with Crippen LogP contribution < -0.4 is 0 Å². The van der Waals surface area contributed by atoms with Crippen molar-refractivity contribution in [2.75, 3.05) is 13.1 Å². The van der Waals surface area contributed by atoms with Gasteiger partial charge >= 0.3 is 0 Å². The predicted octanol–water partition coefficient (Wildman–Crippen LogP) is 2.73. The summed E-state index contributed by atoms with van der Waals surface area (Å²) >= 11 is 0. The van der Waals surface area contributed by atoms with Crippen molar-refractivity contribution in [3.63, 3.8) is 0 Å². The molecule has 1 aromatic heterocycles. The summed E-state index contributed by atoms with van der Waals surface area (Å²) in [7, 11) is -1.85. The first-order valence-electron chi connectivity index (χ1n) is 8.28. The molecular weight excluding hydrogens is 348 g/mol. The van der Waals surface area contributed by atoms with Gasteiger partial charge in [0.2, 0.25) is 0 Å². The van der Waals surface area contributed by atoms with Crippen LogP contribution in [0.5, 0.6) is 0 Å². The van der Waals surface area contributed by atoms with E-state index in [1.165, 1.54) is 22.9 Å². The molecule has 0 N–H and O–H groups in total. The molecule has 0 amide bonds. The third kappa shape index (κ3) is 4.07. The molecule has 0 aliphatic carbocycles. The Bertz CT molecular complexity index is 851. The van der Waals surface area contributed by atoms with Crippen molar-refractivity contribution in [2.24, 2.45) is 13.0 Å².